The molecule has 1 rings (SSSR count). The molecular formula is C10H20N2O. The number of hydrogen-bond acceptors (Lipinski definition) is 2. The van der Waals surface area contributed by atoms with Gasteiger partial charge >= 0.3 is 0 Å². The molecule has 1 heterocycles. The third kappa shape index (κ3) is 2.99. The highest BCUT2D eigenvalue weighted by atomic mass is 16.2. The average molecular weight is 184 g/mol. The van der Waals surface area contributed by atoms with E-state index in [2.05, 4.69) is 12.2 Å². The van der Waals surface area contributed by atoms with Gasteiger partial charge in [-0.25, -0.2) is 0 Å². The number of carbonyl (C=O) groups is 1. The van der Waals surface area contributed by atoms with Crippen molar-refractivity contribution >= 4 is 5.91 Å². The second kappa shape index (κ2) is 5.22. The Hall–Kier alpha value is -0.570. The van der Waals surface area contributed by atoms with Crippen molar-refractivity contribution in [3.8, 4) is 0 Å². The van der Waals surface area contributed by atoms with Crippen LogP contribution in [0.4, 0.5) is 0 Å². The Kier molecular flexibility index (Phi) is 4.22. The quantitative estimate of drug-likeness (QED) is 0.707. The highest BCUT2D eigenvalue weighted by Crippen LogP contribution is 2.11. The minimum Gasteiger partial charge on any atom is -0.341 e. The largest absolute Gasteiger partial charge is 0.341 e. The van der Waals surface area contributed by atoms with E-state index in [0.29, 0.717) is 11.9 Å². The van der Waals surface area contributed by atoms with Gasteiger partial charge in [0.1, 0.15) is 0 Å². The fourth-order valence-corrected chi connectivity index (χ4v) is 1.75. The molecule has 1 saturated heterocycles. The average Bonchev–Trinajstić information content (AvgIpc) is 2.17. The van der Waals surface area contributed by atoms with Crippen molar-refractivity contribution in [2.75, 3.05) is 20.1 Å². The first-order valence-corrected chi connectivity index (χ1v) is 5.23. The first-order valence-electron chi connectivity index (χ1n) is 5.23. The van der Waals surface area contributed by atoms with Gasteiger partial charge in [-0.1, -0.05) is 6.92 Å². The van der Waals surface area contributed by atoms with Crippen molar-refractivity contribution in [2.45, 2.75) is 38.6 Å². The molecule has 76 valence electrons. The summed E-state index contributed by atoms with van der Waals surface area (Å²) >= 11 is 0. The van der Waals surface area contributed by atoms with Gasteiger partial charge in [0, 0.05) is 25.6 Å². The number of likely N-dealkylation sites (tertiary alicyclic amines) is 1. The molecule has 0 radical (unpaired) electrons. The summed E-state index contributed by atoms with van der Waals surface area (Å²) in [6, 6.07) is 0.460. The number of carbonyl (C=O) groups excluding carboxylic acids is 1. The van der Waals surface area contributed by atoms with Crippen LogP contribution in [0.3, 0.4) is 0 Å². The molecule has 0 bridgehead atoms. The Bertz CT molecular complexity index is 166. The van der Waals surface area contributed by atoms with Gasteiger partial charge in [-0.05, 0) is 26.3 Å². The van der Waals surface area contributed by atoms with E-state index in [1.807, 2.05) is 11.9 Å². The number of hydrogen-bond donors (Lipinski definition) is 1. The minimum absolute atomic E-state index is 0.333. The Labute approximate surface area is 80.5 Å². The van der Waals surface area contributed by atoms with Crippen LogP contribution < -0.4 is 5.32 Å². The second-order valence-corrected chi connectivity index (χ2v) is 3.69. The summed E-state index contributed by atoms with van der Waals surface area (Å²) in [5.41, 5.74) is 0. The summed E-state index contributed by atoms with van der Waals surface area (Å²) in [4.78, 5) is 13.5. The van der Waals surface area contributed by atoms with Gasteiger partial charge in [0.2, 0.25) is 5.91 Å². The molecule has 1 aliphatic rings. The maximum absolute atomic E-state index is 11.5. The van der Waals surface area contributed by atoms with E-state index in [-0.39, 0.29) is 0 Å². The topological polar surface area (TPSA) is 32.3 Å². The molecule has 0 aromatic heterocycles. The van der Waals surface area contributed by atoms with Crippen molar-refractivity contribution in [3.05, 3.63) is 0 Å². The summed E-state index contributed by atoms with van der Waals surface area (Å²) in [5, 5.41) is 3.23. The molecule has 0 aromatic rings. The molecule has 0 aromatic carbocycles. The predicted octanol–water partition coefficient (Wildman–Crippen LogP) is 0.997. The molecule has 0 spiro atoms. The molecular weight excluding hydrogens is 164 g/mol. The number of amides is 1. The molecule has 1 N–H and O–H groups in total. The Morgan fingerprint density at radius 2 is 2.31 bits per heavy atom. The molecule has 13 heavy (non-hydrogen) atoms. The van der Waals surface area contributed by atoms with Gasteiger partial charge in [0.25, 0.3) is 0 Å². The lowest BCUT2D eigenvalue weighted by atomic mass is 10.1. The van der Waals surface area contributed by atoms with Crippen LogP contribution in [0, 0.1) is 0 Å². The van der Waals surface area contributed by atoms with E-state index >= 15 is 0 Å². The summed E-state index contributed by atoms with van der Waals surface area (Å²) in [6.07, 6.45) is 4.08. The number of likely N-dealkylation sites (N-methyl/N-ethyl adjacent to an activating group) is 1. The minimum atomic E-state index is 0.333. The SMILES string of the molecule is CCC(CN1CCCCC1=O)NC. The first kappa shape index (κ1) is 10.5. The number of nitrogens with zero attached hydrogens (tertiary/aromatic N) is 1. The van der Waals surface area contributed by atoms with Crippen molar-refractivity contribution in [2.24, 2.45) is 0 Å². The van der Waals surface area contributed by atoms with Gasteiger partial charge < -0.3 is 10.2 Å². The summed E-state index contributed by atoms with van der Waals surface area (Å²) < 4.78 is 0. The third-order valence-corrected chi connectivity index (χ3v) is 2.76. The predicted molar refractivity (Wildman–Crippen MR) is 53.6 cm³/mol. The standard InChI is InChI=1S/C10H20N2O/c1-3-9(11-2)8-12-7-5-4-6-10(12)13/h9,11H,3-8H2,1-2H3. The second-order valence-electron chi connectivity index (χ2n) is 3.69. The molecule has 0 saturated carbocycles. The fourth-order valence-electron chi connectivity index (χ4n) is 1.75. The Morgan fingerprint density at radius 1 is 1.54 bits per heavy atom. The van der Waals surface area contributed by atoms with Crippen LogP contribution in [0.5, 0.6) is 0 Å². The smallest absolute Gasteiger partial charge is 0.222 e. The van der Waals surface area contributed by atoms with E-state index in [1.165, 1.54) is 6.42 Å². The maximum atomic E-state index is 11.5. The lowest BCUT2D eigenvalue weighted by Gasteiger charge is -2.30. The highest BCUT2D eigenvalue weighted by molar-refractivity contribution is 5.76. The molecule has 1 fully saturated rings. The van der Waals surface area contributed by atoms with E-state index in [0.717, 1.165) is 32.4 Å². The van der Waals surface area contributed by atoms with E-state index in [4.69, 9.17) is 0 Å². The lowest BCUT2D eigenvalue weighted by Crippen LogP contribution is -2.44. The van der Waals surface area contributed by atoms with Crippen molar-refractivity contribution < 1.29 is 4.79 Å². The Morgan fingerprint density at radius 3 is 2.85 bits per heavy atom. The van der Waals surface area contributed by atoms with E-state index in [9.17, 15) is 4.79 Å². The van der Waals surface area contributed by atoms with E-state index < -0.39 is 0 Å². The normalized spacial score (nSPS) is 20.5. The maximum Gasteiger partial charge on any atom is 0.222 e. The van der Waals surface area contributed by atoms with Crippen LogP contribution >= 0.6 is 0 Å². The molecule has 0 aliphatic carbocycles. The monoisotopic (exact) mass is 184 g/mol. The van der Waals surface area contributed by atoms with Crippen LogP contribution in [0.25, 0.3) is 0 Å². The summed E-state index contributed by atoms with van der Waals surface area (Å²) in [7, 11) is 1.96. The number of nitrogens with one attached hydrogen (secondary N) is 1. The van der Waals surface area contributed by atoms with Crippen LogP contribution in [0.15, 0.2) is 0 Å². The molecule has 1 aliphatic heterocycles. The number of rotatable bonds is 4. The van der Waals surface area contributed by atoms with Gasteiger partial charge in [-0.2, -0.15) is 0 Å². The number of piperidine rings is 1. The zero-order valence-corrected chi connectivity index (χ0v) is 8.68. The van der Waals surface area contributed by atoms with E-state index in [1.54, 1.807) is 0 Å². The van der Waals surface area contributed by atoms with Crippen LogP contribution in [-0.2, 0) is 4.79 Å². The summed E-state index contributed by atoms with van der Waals surface area (Å²) in [5.74, 6) is 0.333. The van der Waals surface area contributed by atoms with Crippen molar-refractivity contribution in [3.63, 3.8) is 0 Å². The first-order chi connectivity index (χ1) is 6.27. The van der Waals surface area contributed by atoms with Crippen LogP contribution in [-0.4, -0.2) is 37.0 Å². The highest BCUT2D eigenvalue weighted by Gasteiger charge is 2.19. The molecule has 3 heteroatoms. The molecule has 3 nitrogen and oxygen atoms in total. The lowest BCUT2D eigenvalue weighted by molar-refractivity contribution is -0.133. The molecule has 1 unspecified atom stereocenters. The van der Waals surface area contributed by atoms with Gasteiger partial charge in [-0.3, -0.25) is 4.79 Å². The van der Waals surface area contributed by atoms with Crippen molar-refractivity contribution in [1.82, 2.24) is 10.2 Å². The summed E-state index contributed by atoms with van der Waals surface area (Å²) in [6.45, 7) is 3.98. The van der Waals surface area contributed by atoms with Gasteiger partial charge in [0.15, 0.2) is 0 Å². The zero-order valence-electron chi connectivity index (χ0n) is 8.68. The molecule has 1 atom stereocenters. The Balaban J connectivity index is 2.36. The van der Waals surface area contributed by atoms with Gasteiger partial charge in [0.05, 0.1) is 0 Å². The zero-order chi connectivity index (χ0) is 9.68. The third-order valence-electron chi connectivity index (χ3n) is 2.76. The van der Waals surface area contributed by atoms with Crippen LogP contribution in [0.2, 0.25) is 0 Å². The van der Waals surface area contributed by atoms with Gasteiger partial charge in [-0.15, -0.1) is 0 Å². The van der Waals surface area contributed by atoms with Crippen LogP contribution in [0.1, 0.15) is 32.6 Å². The van der Waals surface area contributed by atoms with Crippen molar-refractivity contribution in [1.29, 1.82) is 0 Å². The molecule has 1 amide bonds. The fraction of sp³-hybridized carbons (Fsp3) is 0.900.